The van der Waals surface area contributed by atoms with E-state index in [1.54, 1.807) is 12.1 Å². The van der Waals surface area contributed by atoms with Crippen molar-refractivity contribution in [2.24, 2.45) is 5.92 Å². The Kier molecular flexibility index (Phi) is 6.22. The average molecular weight is 448 g/mol. The zero-order chi connectivity index (χ0) is 22.9. The summed E-state index contributed by atoms with van der Waals surface area (Å²) in [5.41, 5.74) is 1.43. The van der Waals surface area contributed by atoms with Crippen LogP contribution in [0.2, 0.25) is 0 Å². The summed E-state index contributed by atoms with van der Waals surface area (Å²) in [5, 5.41) is 2.84. The third-order valence-electron chi connectivity index (χ3n) is 5.91. The summed E-state index contributed by atoms with van der Waals surface area (Å²) < 4.78 is 51.9. The van der Waals surface area contributed by atoms with Gasteiger partial charge in [0.05, 0.1) is 30.8 Å². The number of nitrogens with zero attached hydrogens (tertiary/aromatic N) is 1. The molecule has 2 aromatic rings. The van der Waals surface area contributed by atoms with Crippen LogP contribution in [0.3, 0.4) is 0 Å². The summed E-state index contributed by atoms with van der Waals surface area (Å²) >= 11 is 0. The van der Waals surface area contributed by atoms with Crippen LogP contribution in [-0.2, 0) is 4.79 Å². The highest BCUT2D eigenvalue weighted by atomic mass is 19.3. The fourth-order valence-electron chi connectivity index (χ4n) is 3.94. The summed E-state index contributed by atoms with van der Waals surface area (Å²) in [4.78, 5) is 13.1. The number of amides is 1. The fraction of sp³-hybridized carbons (Fsp3) is 0.458. The maximum atomic E-state index is 14.6. The van der Waals surface area contributed by atoms with E-state index >= 15 is 0 Å². The molecule has 1 N–H and O–H groups in total. The molecule has 1 unspecified atom stereocenters. The number of alkyl halides is 2. The van der Waals surface area contributed by atoms with Gasteiger partial charge in [0.15, 0.2) is 0 Å². The first-order valence-corrected chi connectivity index (χ1v) is 10.8. The zero-order valence-corrected chi connectivity index (χ0v) is 18.1. The molecule has 0 bridgehead atoms. The molecule has 32 heavy (non-hydrogen) atoms. The Bertz CT molecular complexity index is 967. The minimum atomic E-state index is -2.65. The molecule has 4 rings (SSSR count). The molecule has 1 heterocycles. The Morgan fingerprint density at radius 1 is 1.22 bits per heavy atom. The molecular formula is C24H27F3N2O3. The van der Waals surface area contributed by atoms with Crippen LogP contribution in [0.4, 0.5) is 18.9 Å². The molecule has 172 valence electrons. The van der Waals surface area contributed by atoms with Crippen molar-refractivity contribution >= 4 is 11.6 Å². The van der Waals surface area contributed by atoms with Gasteiger partial charge in [-0.25, -0.2) is 13.2 Å². The number of rotatable bonds is 8. The monoisotopic (exact) mass is 448 g/mol. The summed E-state index contributed by atoms with van der Waals surface area (Å²) in [7, 11) is 0. The highest BCUT2D eigenvalue weighted by Crippen LogP contribution is 2.48. The zero-order valence-electron chi connectivity index (χ0n) is 18.1. The van der Waals surface area contributed by atoms with Gasteiger partial charge in [0.25, 0.3) is 5.92 Å². The van der Waals surface area contributed by atoms with Crippen molar-refractivity contribution in [1.82, 2.24) is 5.32 Å². The van der Waals surface area contributed by atoms with Crippen molar-refractivity contribution in [3.8, 4) is 11.5 Å². The van der Waals surface area contributed by atoms with E-state index in [9.17, 15) is 18.0 Å². The first kappa shape index (κ1) is 22.3. The summed E-state index contributed by atoms with van der Waals surface area (Å²) in [5.74, 6) is -2.97. The van der Waals surface area contributed by atoms with Crippen molar-refractivity contribution in [1.29, 1.82) is 0 Å². The minimum Gasteiger partial charge on any atom is -0.493 e. The molecule has 0 aromatic heterocycles. The standard InChI is InChI=1S/C24H27F3N2O3/c1-15(28-16(2)30)17-3-5-19(6-4-17)32-21-9-10-29(13-21)23-8-7-20(11-22(23)25)31-14-18-12-24(18,26)27/h3-8,11,15,18,21H,9-10,12-14H2,1-2H3,(H,28,30)/t15-,18?,21+/m0/s1. The second kappa shape index (κ2) is 8.92. The quantitative estimate of drug-likeness (QED) is 0.635. The van der Waals surface area contributed by atoms with Crippen LogP contribution in [0.15, 0.2) is 42.5 Å². The molecule has 1 saturated heterocycles. The van der Waals surface area contributed by atoms with Crippen molar-refractivity contribution in [3.05, 3.63) is 53.8 Å². The number of carbonyl (C=O) groups is 1. The lowest BCUT2D eigenvalue weighted by molar-refractivity contribution is -0.119. The van der Waals surface area contributed by atoms with E-state index in [2.05, 4.69) is 5.32 Å². The van der Waals surface area contributed by atoms with Crippen molar-refractivity contribution in [2.75, 3.05) is 24.6 Å². The van der Waals surface area contributed by atoms with Crippen LogP contribution in [0.25, 0.3) is 0 Å². The van der Waals surface area contributed by atoms with Crippen LogP contribution in [0.1, 0.15) is 38.3 Å². The van der Waals surface area contributed by atoms with Gasteiger partial charge in [-0.05, 0) is 36.8 Å². The van der Waals surface area contributed by atoms with Gasteiger partial charge < -0.3 is 19.7 Å². The van der Waals surface area contributed by atoms with Crippen molar-refractivity contribution in [3.63, 3.8) is 0 Å². The molecule has 2 fully saturated rings. The van der Waals surface area contributed by atoms with Gasteiger partial charge in [0.2, 0.25) is 5.91 Å². The van der Waals surface area contributed by atoms with Gasteiger partial charge in [-0.15, -0.1) is 0 Å². The fourth-order valence-corrected chi connectivity index (χ4v) is 3.94. The lowest BCUT2D eigenvalue weighted by Crippen LogP contribution is -2.25. The predicted molar refractivity (Wildman–Crippen MR) is 115 cm³/mol. The molecule has 2 aromatic carbocycles. The second-order valence-electron chi connectivity index (χ2n) is 8.55. The number of nitrogens with one attached hydrogen (secondary N) is 1. The molecule has 1 amide bonds. The molecule has 1 saturated carbocycles. The molecule has 0 radical (unpaired) electrons. The summed E-state index contributed by atoms with van der Waals surface area (Å²) in [6.07, 6.45) is 0.499. The number of hydrogen-bond donors (Lipinski definition) is 1. The molecule has 1 aliphatic carbocycles. The molecule has 3 atom stereocenters. The second-order valence-corrected chi connectivity index (χ2v) is 8.55. The Hall–Kier alpha value is -2.90. The van der Waals surface area contributed by atoms with Crippen LogP contribution in [-0.4, -0.2) is 37.6 Å². The SMILES string of the molecule is CC(=O)N[C@@H](C)c1ccc(O[C@@H]2CCN(c3ccc(OCC4CC4(F)F)cc3F)C2)cc1. The number of ether oxygens (including phenoxy) is 2. The molecule has 8 heteroatoms. The van der Waals surface area contributed by atoms with E-state index in [0.717, 1.165) is 17.7 Å². The van der Waals surface area contributed by atoms with Crippen LogP contribution >= 0.6 is 0 Å². The minimum absolute atomic E-state index is 0.0824. The van der Waals surface area contributed by atoms with E-state index < -0.39 is 17.7 Å². The summed E-state index contributed by atoms with van der Waals surface area (Å²) in [6, 6.07) is 12.0. The van der Waals surface area contributed by atoms with Gasteiger partial charge in [-0.2, -0.15) is 0 Å². The van der Waals surface area contributed by atoms with E-state index in [1.165, 1.54) is 13.0 Å². The Labute approximate surface area is 185 Å². The smallest absolute Gasteiger partial charge is 0.255 e. The number of halogens is 3. The third-order valence-corrected chi connectivity index (χ3v) is 5.91. The van der Waals surface area contributed by atoms with Crippen LogP contribution in [0, 0.1) is 11.7 Å². The first-order valence-electron chi connectivity index (χ1n) is 10.8. The largest absolute Gasteiger partial charge is 0.493 e. The van der Waals surface area contributed by atoms with Crippen LogP contribution in [0.5, 0.6) is 11.5 Å². The lowest BCUT2D eigenvalue weighted by Gasteiger charge is -2.20. The molecule has 2 aliphatic rings. The van der Waals surface area contributed by atoms with E-state index in [1.807, 2.05) is 36.1 Å². The topological polar surface area (TPSA) is 50.8 Å². The molecule has 0 spiro atoms. The Balaban J connectivity index is 1.30. The highest BCUT2D eigenvalue weighted by Gasteiger charge is 2.57. The molecule has 5 nitrogen and oxygen atoms in total. The maximum Gasteiger partial charge on any atom is 0.255 e. The Morgan fingerprint density at radius 2 is 1.91 bits per heavy atom. The number of carbonyl (C=O) groups excluding carboxylic acids is 1. The van der Waals surface area contributed by atoms with E-state index in [0.29, 0.717) is 18.8 Å². The number of anilines is 1. The maximum absolute atomic E-state index is 14.6. The van der Waals surface area contributed by atoms with Gasteiger partial charge in [-0.3, -0.25) is 4.79 Å². The molecular weight excluding hydrogens is 421 g/mol. The molecule has 1 aliphatic heterocycles. The van der Waals surface area contributed by atoms with Gasteiger partial charge in [0, 0.05) is 32.4 Å². The van der Waals surface area contributed by atoms with Gasteiger partial charge in [0.1, 0.15) is 23.4 Å². The number of benzene rings is 2. The number of hydrogen-bond acceptors (Lipinski definition) is 4. The van der Waals surface area contributed by atoms with Crippen molar-refractivity contribution in [2.45, 2.75) is 44.8 Å². The predicted octanol–water partition coefficient (Wildman–Crippen LogP) is 4.71. The summed E-state index contributed by atoms with van der Waals surface area (Å²) in [6.45, 7) is 4.48. The van der Waals surface area contributed by atoms with Crippen molar-refractivity contribution < 1.29 is 27.4 Å². The van der Waals surface area contributed by atoms with E-state index in [-0.39, 0.29) is 36.8 Å². The van der Waals surface area contributed by atoms with Gasteiger partial charge in [-0.1, -0.05) is 12.1 Å². The van der Waals surface area contributed by atoms with E-state index in [4.69, 9.17) is 9.47 Å². The Morgan fingerprint density at radius 3 is 2.53 bits per heavy atom. The third kappa shape index (κ3) is 5.29. The van der Waals surface area contributed by atoms with Gasteiger partial charge >= 0.3 is 0 Å². The van der Waals surface area contributed by atoms with Crippen LogP contribution < -0.4 is 19.7 Å². The lowest BCUT2D eigenvalue weighted by atomic mass is 10.1. The first-order chi connectivity index (χ1) is 15.2. The normalized spacial score (nSPS) is 22.3. The highest BCUT2D eigenvalue weighted by molar-refractivity contribution is 5.73. The average Bonchev–Trinajstić information content (AvgIpc) is 3.11.